The molecule has 0 aliphatic carbocycles. The number of benzene rings is 2. The molecule has 23 heavy (non-hydrogen) atoms. The average Bonchev–Trinajstić information content (AvgIpc) is 3.20. The first-order valence-electron chi connectivity index (χ1n) is 6.96. The summed E-state index contributed by atoms with van der Waals surface area (Å²) >= 11 is 3.40. The van der Waals surface area contributed by atoms with E-state index in [0.717, 1.165) is 38.2 Å². The number of fused-ring (bicyclic) bond motifs is 1. The predicted octanol–water partition coefficient (Wildman–Crippen LogP) is 5.40. The van der Waals surface area contributed by atoms with Crippen LogP contribution >= 0.6 is 35.5 Å². The van der Waals surface area contributed by atoms with Crippen LogP contribution in [0.1, 0.15) is 5.82 Å². The van der Waals surface area contributed by atoms with Crippen molar-refractivity contribution in [2.45, 2.75) is 10.1 Å². The van der Waals surface area contributed by atoms with Crippen molar-refractivity contribution in [1.82, 2.24) is 15.0 Å². The van der Waals surface area contributed by atoms with Gasteiger partial charge in [0.25, 0.3) is 0 Å². The quantitative estimate of drug-likeness (QED) is 0.496. The fourth-order valence-corrected chi connectivity index (χ4v) is 3.97. The molecule has 3 nitrogen and oxygen atoms in total. The van der Waals surface area contributed by atoms with Crippen LogP contribution in [0.5, 0.6) is 0 Å². The summed E-state index contributed by atoms with van der Waals surface area (Å²) in [5.41, 5.74) is 4.30. The molecule has 0 saturated heterocycles. The second-order valence-electron chi connectivity index (χ2n) is 4.85. The molecule has 0 fully saturated rings. The molecule has 0 radical (unpaired) electrons. The van der Waals surface area contributed by atoms with Gasteiger partial charge in [-0.2, -0.15) is 0 Å². The Bertz CT molecular complexity index is 869. The number of aromatic nitrogens is 3. The first-order valence-corrected chi connectivity index (χ1v) is 8.82. The van der Waals surface area contributed by atoms with Crippen LogP contribution in [0.25, 0.3) is 22.3 Å². The molecule has 2 aromatic carbocycles. The largest absolute Gasteiger partial charge is 0.341 e. The normalized spacial score (nSPS) is 10.6. The lowest BCUT2D eigenvalue weighted by molar-refractivity contribution is 1.13. The van der Waals surface area contributed by atoms with Crippen molar-refractivity contribution < 1.29 is 0 Å². The van der Waals surface area contributed by atoms with E-state index < -0.39 is 0 Å². The van der Waals surface area contributed by atoms with E-state index in [4.69, 9.17) is 0 Å². The van der Waals surface area contributed by atoms with Gasteiger partial charge >= 0.3 is 0 Å². The van der Waals surface area contributed by atoms with Crippen LogP contribution in [0.15, 0.2) is 64.3 Å². The van der Waals surface area contributed by atoms with E-state index >= 15 is 0 Å². The molecule has 6 heteroatoms. The number of nitrogens with one attached hydrogen (secondary N) is 1. The number of aromatic amines is 1. The van der Waals surface area contributed by atoms with Gasteiger partial charge in [0, 0.05) is 10.9 Å². The van der Waals surface area contributed by atoms with Gasteiger partial charge in [-0.05, 0) is 12.1 Å². The van der Waals surface area contributed by atoms with Crippen molar-refractivity contribution >= 4 is 46.5 Å². The molecule has 0 unspecified atom stereocenters. The van der Waals surface area contributed by atoms with E-state index in [-0.39, 0.29) is 12.4 Å². The molecule has 116 valence electrons. The van der Waals surface area contributed by atoms with Crippen molar-refractivity contribution in [3.05, 3.63) is 65.8 Å². The van der Waals surface area contributed by atoms with E-state index in [1.54, 1.807) is 23.1 Å². The van der Waals surface area contributed by atoms with Crippen LogP contribution in [-0.2, 0) is 5.75 Å². The topological polar surface area (TPSA) is 41.6 Å². The zero-order valence-electron chi connectivity index (χ0n) is 12.1. The second-order valence-corrected chi connectivity index (χ2v) is 6.93. The number of nitrogens with zero attached hydrogens (tertiary/aromatic N) is 2. The zero-order valence-corrected chi connectivity index (χ0v) is 14.5. The van der Waals surface area contributed by atoms with Crippen molar-refractivity contribution in [2.24, 2.45) is 0 Å². The Balaban J connectivity index is 0.00000156. The van der Waals surface area contributed by atoms with Crippen LogP contribution < -0.4 is 0 Å². The van der Waals surface area contributed by atoms with Crippen molar-refractivity contribution in [2.75, 3.05) is 0 Å². The molecule has 0 amide bonds. The lowest BCUT2D eigenvalue weighted by atomic mass is 10.2. The fraction of sp³-hybridized carbons (Fsp3) is 0.0588. The van der Waals surface area contributed by atoms with Crippen LogP contribution in [0.2, 0.25) is 0 Å². The number of hydrogen-bond acceptors (Lipinski definition) is 4. The lowest BCUT2D eigenvalue weighted by Crippen LogP contribution is -1.83. The first kappa shape index (κ1) is 16.1. The number of imidazole rings is 1. The molecular weight excluding hydrogens is 346 g/mol. The summed E-state index contributed by atoms with van der Waals surface area (Å²) in [4.78, 5) is 12.6. The third kappa shape index (κ3) is 3.58. The van der Waals surface area contributed by atoms with Gasteiger partial charge in [0.15, 0.2) is 4.34 Å². The van der Waals surface area contributed by atoms with E-state index in [1.807, 2.05) is 42.5 Å². The molecule has 2 aromatic heterocycles. The first-order chi connectivity index (χ1) is 10.9. The van der Waals surface area contributed by atoms with E-state index in [1.165, 1.54) is 0 Å². The van der Waals surface area contributed by atoms with Crippen LogP contribution in [0.3, 0.4) is 0 Å². The van der Waals surface area contributed by atoms with Crippen molar-refractivity contribution in [3.63, 3.8) is 0 Å². The molecule has 1 N–H and O–H groups in total. The van der Waals surface area contributed by atoms with E-state index in [2.05, 4.69) is 32.5 Å². The highest BCUT2D eigenvalue weighted by molar-refractivity contribution is 8.00. The summed E-state index contributed by atoms with van der Waals surface area (Å²) in [5, 5.41) is 2.11. The molecule has 2 heterocycles. The highest BCUT2D eigenvalue weighted by Crippen LogP contribution is 2.30. The molecule has 0 atom stereocenters. The van der Waals surface area contributed by atoms with Gasteiger partial charge in [-0.1, -0.05) is 54.2 Å². The highest BCUT2D eigenvalue weighted by Gasteiger charge is 2.07. The van der Waals surface area contributed by atoms with Crippen molar-refractivity contribution in [1.29, 1.82) is 0 Å². The summed E-state index contributed by atoms with van der Waals surface area (Å²) in [6, 6.07) is 18.4. The minimum atomic E-state index is 0. The predicted molar refractivity (Wildman–Crippen MR) is 100 cm³/mol. The molecule has 0 aliphatic heterocycles. The van der Waals surface area contributed by atoms with Crippen molar-refractivity contribution in [3.8, 4) is 11.3 Å². The Kier molecular flexibility index (Phi) is 5.00. The number of rotatable bonds is 4. The van der Waals surface area contributed by atoms with E-state index in [9.17, 15) is 0 Å². The third-order valence-corrected chi connectivity index (χ3v) is 5.36. The summed E-state index contributed by atoms with van der Waals surface area (Å²) in [7, 11) is 0. The molecule has 0 aliphatic rings. The monoisotopic (exact) mass is 359 g/mol. The molecule has 0 saturated carbocycles. The minimum Gasteiger partial charge on any atom is -0.341 e. The van der Waals surface area contributed by atoms with Crippen LogP contribution in [0.4, 0.5) is 0 Å². The number of H-pyrrole nitrogens is 1. The maximum Gasteiger partial charge on any atom is 0.150 e. The van der Waals surface area contributed by atoms with Gasteiger partial charge in [-0.15, -0.1) is 23.7 Å². The van der Waals surface area contributed by atoms with Gasteiger partial charge in [0.1, 0.15) is 5.82 Å². The Hall–Kier alpha value is -1.82. The summed E-state index contributed by atoms with van der Waals surface area (Å²) < 4.78 is 1.07. The van der Waals surface area contributed by atoms with Crippen LogP contribution in [0, 0.1) is 0 Å². The molecule has 4 aromatic rings. The number of para-hydroxylation sites is 2. The fourth-order valence-electron chi connectivity index (χ4n) is 2.27. The van der Waals surface area contributed by atoms with Crippen LogP contribution in [-0.4, -0.2) is 15.0 Å². The number of thioether (sulfide) groups is 1. The molecule has 0 spiro atoms. The maximum absolute atomic E-state index is 4.69. The molecule has 4 rings (SSSR count). The lowest BCUT2D eigenvalue weighted by Gasteiger charge is -1.95. The number of hydrogen-bond donors (Lipinski definition) is 1. The summed E-state index contributed by atoms with van der Waals surface area (Å²) in [5.74, 6) is 1.79. The summed E-state index contributed by atoms with van der Waals surface area (Å²) in [6.07, 6.45) is 0. The maximum atomic E-state index is 4.69. The van der Waals surface area contributed by atoms with Gasteiger partial charge in [-0.25, -0.2) is 9.97 Å². The standard InChI is InChI=1S/C17H13N3S2.ClH/c1-2-6-12(7-3-1)15-10-21-17(20-15)22-11-16-18-13-8-4-5-9-14(13)19-16;/h1-10H,11H2,(H,18,19);1H. The number of halogens is 1. The molecule has 0 bridgehead atoms. The van der Waals surface area contributed by atoms with Gasteiger partial charge in [0.05, 0.1) is 22.5 Å². The smallest absolute Gasteiger partial charge is 0.150 e. The molecular formula is C17H14ClN3S2. The third-order valence-electron chi connectivity index (χ3n) is 3.32. The zero-order chi connectivity index (χ0) is 14.8. The highest BCUT2D eigenvalue weighted by atomic mass is 35.5. The summed E-state index contributed by atoms with van der Waals surface area (Å²) in [6.45, 7) is 0. The van der Waals surface area contributed by atoms with Gasteiger partial charge in [-0.3, -0.25) is 0 Å². The Labute approximate surface area is 148 Å². The minimum absolute atomic E-state index is 0. The van der Waals surface area contributed by atoms with Gasteiger partial charge < -0.3 is 4.98 Å². The Morgan fingerprint density at radius 3 is 2.57 bits per heavy atom. The number of thiazole rings is 1. The van der Waals surface area contributed by atoms with Gasteiger partial charge in [0.2, 0.25) is 0 Å². The second kappa shape index (κ2) is 7.17. The Morgan fingerprint density at radius 2 is 1.74 bits per heavy atom. The Morgan fingerprint density at radius 1 is 0.957 bits per heavy atom. The van der Waals surface area contributed by atoms with E-state index in [0.29, 0.717) is 0 Å². The SMILES string of the molecule is Cl.c1ccc(-c2csc(SCc3nc4ccccc4[nH]3)n2)cc1. The average molecular weight is 360 g/mol.